The van der Waals surface area contributed by atoms with Gasteiger partial charge in [-0.2, -0.15) is 0 Å². The highest BCUT2D eigenvalue weighted by Gasteiger charge is 2.10. The Kier molecular flexibility index (Phi) is 4.46. The van der Waals surface area contributed by atoms with Crippen molar-refractivity contribution in [1.29, 1.82) is 0 Å². The summed E-state index contributed by atoms with van der Waals surface area (Å²) < 4.78 is 0. The van der Waals surface area contributed by atoms with E-state index in [1.54, 1.807) is 33.4 Å². The fourth-order valence-corrected chi connectivity index (χ4v) is 3.41. The summed E-state index contributed by atoms with van der Waals surface area (Å²) in [7, 11) is 0. The summed E-state index contributed by atoms with van der Waals surface area (Å²) in [6.07, 6.45) is 7.81. The van der Waals surface area contributed by atoms with Crippen molar-refractivity contribution < 1.29 is 0 Å². The van der Waals surface area contributed by atoms with Crippen LogP contribution in [-0.2, 0) is 38.5 Å². The van der Waals surface area contributed by atoms with Crippen molar-refractivity contribution >= 4 is 0 Å². The second-order valence-corrected chi connectivity index (χ2v) is 6.81. The van der Waals surface area contributed by atoms with E-state index in [1.165, 1.54) is 38.5 Å². The summed E-state index contributed by atoms with van der Waals surface area (Å²) >= 11 is 0. The number of benzene rings is 3. The van der Waals surface area contributed by atoms with Gasteiger partial charge in [0.1, 0.15) is 0 Å². The smallest absolute Gasteiger partial charge is 0.0235 e. The van der Waals surface area contributed by atoms with E-state index < -0.39 is 0 Å². The topological polar surface area (TPSA) is 0 Å². The van der Waals surface area contributed by atoms with Crippen molar-refractivity contribution in [2.75, 3.05) is 0 Å². The second-order valence-electron chi connectivity index (χ2n) is 6.81. The molecule has 0 nitrogen and oxygen atoms in total. The molecule has 3 aliphatic carbocycles. The number of rotatable bonds is 0. The van der Waals surface area contributed by atoms with Crippen LogP contribution in [0, 0.1) is 0 Å². The molecular formula is C24H24. The molecule has 0 saturated heterocycles. The van der Waals surface area contributed by atoms with Gasteiger partial charge in [-0.3, -0.25) is 0 Å². The van der Waals surface area contributed by atoms with Crippen molar-refractivity contribution in [1.82, 2.24) is 0 Å². The number of hydrogen-bond donors (Lipinski definition) is 0. The minimum absolute atomic E-state index is 1.30. The van der Waals surface area contributed by atoms with E-state index in [1.807, 2.05) is 0 Å². The molecule has 0 heterocycles. The Morgan fingerprint density at radius 3 is 0.542 bits per heavy atom. The molecular weight excluding hydrogens is 288 g/mol. The predicted octanol–water partition coefficient (Wildman–Crippen LogP) is 5.36. The van der Waals surface area contributed by atoms with Gasteiger partial charge in [0, 0.05) is 0 Å². The molecule has 3 aromatic rings. The maximum absolute atomic E-state index is 2.21. The third kappa shape index (κ3) is 3.28. The van der Waals surface area contributed by atoms with Crippen LogP contribution in [0.1, 0.15) is 33.4 Å². The number of hydrogen-bond acceptors (Lipinski definition) is 0. The first-order valence-corrected chi connectivity index (χ1v) is 9.10. The van der Waals surface area contributed by atoms with Gasteiger partial charge in [0.05, 0.1) is 0 Å². The van der Waals surface area contributed by atoms with Crippen LogP contribution in [0.15, 0.2) is 72.8 Å². The molecule has 24 heavy (non-hydrogen) atoms. The fraction of sp³-hybridized carbons (Fsp3) is 0.250. The lowest BCUT2D eigenvalue weighted by Crippen LogP contribution is -2.06. The molecule has 0 spiro atoms. The maximum atomic E-state index is 2.21. The van der Waals surface area contributed by atoms with E-state index in [0.717, 1.165) is 0 Å². The molecule has 0 fully saturated rings. The summed E-state index contributed by atoms with van der Waals surface area (Å²) in [5.74, 6) is 0. The largest absolute Gasteiger partial charge is 0.0620 e. The third-order valence-electron chi connectivity index (χ3n) is 5.35. The van der Waals surface area contributed by atoms with Gasteiger partial charge in [-0.15, -0.1) is 0 Å². The van der Waals surface area contributed by atoms with Gasteiger partial charge in [0.2, 0.25) is 0 Å². The van der Waals surface area contributed by atoms with Gasteiger partial charge >= 0.3 is 0 Å². The lowest BCUT2D eigenvalue weighted by molar-refractivity contribution is 0.839. The molecule has 0 heteroatoms. The van der Waals surface area contributed by atoms with E-state index >= 15 is 0 Å². The maximum Gasteiger partial charge on any atom is -0.0235 e. The Bertz CT molecular complexity index is 647. The van der Waals surface area contributed by atoms with Crippen LogP contribution in [0.2, 0.25) is 0 Å². The third-order valence-corrected chi connectivity index (χ3v) is 5.35. The van der Waals surface area contributed by atoms with E-state index in [9.17, 15) is 0 Å². The highest BCUT2D eigenvalue weighted by molar-refractivity contribution is 5.35. The van der Waals surface area contributed by atoms with E-state index in [-0.39, 0.29) is 0 Å². The van der Waals surface area contributed by atoms with Crippen molar-refractivity contribution in [3.63, 3.8) is 0 Å². The van der Waals surface area contributed by atoms with Crippen LogP contribution in [-0.4, -0.2) is 0 Å². The molecule has 3 aromatic carbocycles. The molecule has 6 rings (SSSR count). The lowest BCUT2D eigenvalue weighted by Gasteiger charge is -2.16. The van der Waals surface area contributed by atoms with E-state index in [4.69, 9.17) is 0 Å². The number of aryl methyl sites for hydroxylation is 6. The molecule has 0 amide bonds. The SMILES string of the molecule is c1ccc2c(c1)CC2.c1ccc2c(c1)CC2.c1ccc2c(c1)CC2. The van der Waals surface area contributed by atoms with Crippen LogP contribution >= 0.6 is 0 Å². The Balaban J connectivity index is 0.0000000911. The zero-order chi connectivity index (χ0) is 16.2. The molecule has 0 saturated carbocycles. The van der Waals surface area contributed by atoms with E-state index in [0.29, 0.717) is 0 Å². The summed E-state index contributed by atoms with van der Waals surface area (Å²) in [4.78, 5) is 0. The fourth-order valence-electron chi connectivity index (χ4n) is 3.41. The lowest BCUT2D eigenvalue weighted by atomic mass is 9.89. The Morgan fingerprint density at radius 2 is 0.458 bits per heavy atom. The number of fused-ring (bicyclic) bond motifs is 3. The molecule has 120 valence electrons. The summed E-state index contributed by atoms with van der Waals surface area (Å²) in [6.45, 7) is 0. The average Bonchev–Trinajstić information content (AvgIpc) is 2.53. The zero-order valence-corrected chi connectivity index (χ0v) is 14.2. The molecule has 3 aliphatic rings. The first-order chi connectivity index (χ1) is 11.9. The normalized spacial score (nSPS) is 14.5. The van der Waals surface area contributed by atoms with Crippen molar-refractivity contribution in [2.24, 2.45) is 0 Å². The Morgan fingerprint density at radius 1 is 0.292 bits per heavy atom. The Labute approximate surface area is 145 Å². The van der Waals surface area contributed by atoms with Crippen LogP contribution in [0.25, 0.3) is 0 Å². The molecule has 0 unspecified atom stereocenters. The molecule has 0 aromatic heterocycles. The van der Waals surface area contributed by atoms with Crippen LogP contribution in [0.4, 0.5) is 0 Å². The van der Waals surface area contributed by atoms with Crippen molar-refractivity contribution in [2.45, 2.75) is 38.5 Å². The minimum Gasteiger partial charge on any atom is -0.0620 e. The molecule has 0 atom stereocenters. The monoisotopic (exact) mass is 312 g/mol. The van der Waals surface area contributed by atoms with E-state index in [2.05, 4.69) is 72.8 Å². The summed E-state index contributed by atoms with van der Waals surface area (Å²) in [6, 6.07) is 25.9. The molecule has 0 bridgehead atoms. The summed E-state index contributed by atoms with van der Waals surface area (Å²) in [5, 5.41) is 0. The molecule has 0 aliphatic heterocycles. The minimum atomic E-state index is 1.30. The van der Waals surface area contributed by atoms with Crippen molar-refractivity contribution in [3.05, 3.63) is 106 Å². The zero-order valence-electron chi connectivity index (χ0n) is 14.2. The predicted molar refractivity (Wildman–Crippen MR) is 102 cm³/mol. The van der Waals surface area contributed by atoms with Gasteiger partial charge in [0.25, 0.3) is 0 Å². The van der Waals surface area contributed by atoms with Crippen molar-refractivity contribution in [3.8, 4) is 0 Å². The summed E-state index contributed by atoms with van der Waals surface area (Å²) in [5.41, 5.74) is 9.29. The van der Waals surface area contributed by atoms with Gasteiger partial charge in [0.15, 0.2) is 0 Å². The van der Waals surface area contributed by atoms with Crippen LogP contribution in [0.3, 0.4) is 0 Å². The second kappa shape index (κ2) is 7.05. The first-order valence-electron chi connectivity index (χ1n) is 9.10. The molecule has 0 radical (unpaired) electrons. The van der Waals surface area contributed by atoms with Gasteiger partial charge in [-0.25, -0.2) is 0 Å². The van der Waals surface area contributed by atoms with Gasteiger partial charge in [-0.05, 0) is 71.9 Å². The average molecular weight is 312 g/mol. The highest BCUT2D eigenvalue weighted by Crippen LogP contribution is 2.22. The Hall–Kier alpha value is -2.34. The molecule has 0 N–H and O–H groups in total. The van der Waals surface area contributed by atoms with Gasteiger partial charge < -0.3 is 0 Å². The quantitative estimate of drug-likeness (QED) is 0.524. The van der Waals surface area contributed by atoms with Crippen LogP contribution in [0.5, 0.6) is 0 Å². The first kappa shape index (κ1) is 15.2. The van der Waals surface area contributed by atoms with Gasteiger partial charge in [-0.1, -0.05) is 72.8 Å². The van der Waals surface area contributed by atoms with Crippen LogP contribution < -0.4 is 0 Å². The standard InChI is InChI=1S/3C8H8/c3*1-2-4-8-6-5-7(8)3-1/h3*1-4H,5-6H2. The highest BCUT2D eigenvalue weighted by atomic mass is 14.2.